The number of aliphatic hydroxyl groups is 1. The Kier molecular flexibility index (Phi) is 3.00. The summed E-state index contributed by atoms with van der Waals surface area (Å²) in [5.74, 6) is 0. The van der Waals surface area contributed by atoms with E-state index in [1.54, 1.807) is 24.3 Å². The molecule has 0 bridgehead atoms. The summed E-state index contributed by atoms with van der Waals surface area (Å²) in [6.07, 6.45) is 2.23. The van der Waals surface area contributed by atoms with Crippen molar-refractivity contribution < 1.29 is 9.52 Å². The molecule has 0 spiro atoms. The summed E-state index contributed by atoms with van der Waals surface area (Å²) in [5, 5.41) is 11.0. The predicted molar refractivity (Wildman–Crippen MR) is 59.2 cm³/mol. The normalized spacial score (nSPS) is 12.7. The molecule has 4 heteroatoms. The first-order valence-electron chi connectivity index (χ1n) is 4.33. The summed E-state index contributed by atoms with van der Waals surface area (Å²) in [6, 6.07) is 6.66. The minimum atomic E-state index is -0.764. The SMILES string of the molecule is OC(c1ccoc1)c1cc(Cl)cc(Cl)c1. The van der Waals surface area contributed by atoms with Crippen molar-refractivity contribution in [2.45, 2.75) is 6.10 Å². The largest absolute Gasteiger partial charge is 0.472 e. The molecule has 0 amide bonds. The van der Waals surface area contributed by atoms with Crippen LogP contribution in [0, 0.1) is 0 Å². The van der Waals surface area contributed by atoms with Gasteiger partial charge in [0.15, 0.2) is 0 Å². The van der Waals surface area contributed by atoms with E-state index in [4.69, 9.17) is 27.6 Å². The Bertz CT molecular complexity index is 431. The third-order valence-corrected chi connectivity index (χ3v) is 2.50. The van der Waals surface area contributed by atoms with E-state index in [1.807, 2.05) is 0 Å². The van der Waals surface area contributed by atoms with Crippen LogP contribution in [-0.2, 0) is 0 Å². The Morgan fingerprint density at radius 2 is 1.73 bits per heavy atom. The molecule has 0 aliphatic heterocycles. The number of halogens is 2. The van der Waals surface area contributed by atoms with Crippen LogP contribution in [0.2, 0.25) is 10.0 Å². The van der Waals surface area contributed by atoms with Crippen LogP contribution in [0.4, 0.5) is 0 Å². The van der Waals surface area contributed by atoms with Gasteiger partial charge in [-0.05, 0) is 29.8 Å². The molecule has 15 heavy (non-hydrogen) atoms. The zero-order chi connectivity index (χ0) is 10.8. The average molecular weight is 243 g/mol. The molecule has 0 saturated carbocycles. The fourth-order valence-electron chi connectivity index (χ4n) is 1.36. The van der Waals surface area contributed by atoms with Crippen LogP contribution >= 0.6 is 23.2 Å². The van der Waals surface area contributed by atoms with Crippen molar-refractivity contribution in [1.82, 2.24) is 0 Å². The molecule has 2 nitrogen and oxygen atoms in total. The van der Waals surface area contributed by atoms with Gasteiger partial charge in [-0.1, -0.05) is 23.2 Å². The highest BCUT2D eigenvalue weighted by atomic mass is 35.5. The van der Waals surface area contributed by atoms with Gasteiger partial charge in [0.1, 0.15) is 6.10 Å². The molecule has 0 aliphatic carbocycles. The number of hydrogen-bond acceptors (Lipinski definition) is 2. The maximum absolute atomic E-state index is 9.95. The van der Waals surface area contributed by atoms with Gasteiger partial charge in [-0.15, -0.1) is 0 Å². The van der Waals surface area contributed by atoms with Crippen LogP contribution in [-0.4, -0.2) is 5.11 Å². The molecule has 0 saturated heterocycles. The van der Waals surface area contributed by atoms with Gasteiger partial charge in [0.25, 0.3) is 0 Å². The lowest BCUT2D eigenvalue weighted by Crippen LogP contribution is -1.97. The summed E-state index contributed by atoms with van der Waals surface area (Å²) in [5.41, 5.74) is 1.32. The molecular weight excluding hydrogens is 235 g/mol. The summed E-state index contributed by atoms with van der Waals surface area (Å²) < 4.78 is 4.89. The van der Waals surface area contributed by atoms with E-state index in [1.165, 1.54) is 12.5 Å². The molecule has 2 rings (SSSR count). The molecular formula is C11H8Cl2O2. The van der Waals surface area contributed by atoms with E-state index in [0.29, 0.717) is 21.2 Å². The van der Waals surface area contributed by atoms with Crippen molar-refractivity contribution in [3.05, 3.63) is 58.0 Å². The first-order chi connectivity index (χ1) is 7.16. The molecule has 1 atom stereocenters. The Balaban J connectivity index is 2.37. The number of aliphatic hydroxyl groups excluding tert-OH is 1. The second-order valence-corrected chi connectivity index (χ2v) is 4.03. The lowest BCUT2D eigenvalue weighted by atomic mass is 10.0. The van der Waals surface area contributed by atoms with Crippen LogP contribution < -0.4 is 0 Å². The highest BCUT2D eigenvalue weighted by Crippen LogP contribution is 2.27. The zero-order valence-electron chi connectivity index (χ0n) is 7.65. The topological polar surface area (TPSA) is 33.4 Å². The Morgan fingerprint density at radius 1 is 1.07 bits per heavy atom. The quantitative estimate of drug-likeness (QED) is 0.872. The highest BCUT2D eigenvalue weighted by Gasteiger charge is 2.12. The minimum Gasteiger partial charge on any atom is -0.472 e. The van der Waals surface area contributed by atoms with Crippen molar-refractivity contribution in [1.29, 1.82) is 0 Å². The van der Waals surface area contributed by atoms with E-state index in [9.17, 15) is 5.11 Å². The van der Waals surface area contributed by atoms with Gasteiger partial charge < -0.3 is 9.52 Å². The van der Waals surface area contributed by atoms with Crippen LogP contribution in [0.1, 0.15) is 17.2 Å². The molecule has 1 aromatic heterocycles. The Labute approximate surface area is 97.0 Å². The van der Waals surface area contributed by atoms with Crippen LogP contribution in [0.3, 0.4) is 0 Å². The first-order valence-corrected chi connectivity index (χ1v) is 5.08. The van der Waals surface area contributed by atoms with Crippen molar-refractivity contribution in [3.63, 3.8) is 0 Å². The molecule has 0 fully saturated rings. The Morgan fingerprint density at radius 3 is 2.27 bits per heavy atom. The predicted octanol–water partition coefficient (Wildman–Crippen LogP) is 3.67. The smallest absolute Gasteiger partial charge is 0.107 e. The fraction of sp³-hybridized carbons (Fsp3) is 0.0909. The van der Waals surface area contributed by atoms with Gasteiger partial charge >= 0.3 is 0 Å². The molecule has 0 aliphatic rings. The van der Waals surface area contributed by atoms with E-state index >= 15 is 0 Å². The molecule has 2 aromatic rings. The molecule has 1 unspecified atom stereocenters. The van der Waals surface area contributed by atoms with Gasteiger partial charge in [0.05, 0.1) is 12.5 Å². The van der Waals surface area contributed by atoms with Crippen molar-refractivity contribution >= 4 is 23.2 Å². The van der Waals surface area contributed by atoms with E-state index in [2.05, 4.69) is 0 Å². The second kappa shape index (κ2) is 4.27. The maximum Gasteiger partial charge on any atom is 0.107 e. The molecule has 1 aromatic carbocycles. The summed E-state index contributed by atoms with van der Waals surface area (Å²) in [7, 11) is 0. The van der Waals surface area contributed by atoms with Crippen molar-refractivity contribution in [2.75, 3.05) is 0 Å². The summed E-state index contributed by atoms with van der Waals surface area (Å²) in [4.78, 5) is 0. The van der Waals surface area contributed by atoms with Crippen LogP contribution in [0.25, 0.3) is 0 Å². The third-order valence-electron chi connectivity index (χ3n) is 2.06. The third kappa shape index (κ3) is 2.34. The lowest BCUT2D eigenvalue weighted by molar-refractivity contribution is 0.219. The van der Waals surface area contributed by atoms with Gasteiger partial charge in [-0.25, -0.2) is 0 Å². The number of hydrogen-bond donors (Lipinski definition) is 1. The molecule has 78 valence electrons. The second-order valence-electron chi connectivity index (χ2n) is 3.16. The lowest BCUT2D eigenvalue weighted by Gasteiger charge is -2.09. The number of rotatable bonds is 2. The van der Waals surface area contributed by atoms with Gasteiger partial charge in [-0.3, -0.25) is 0 Å². The maximum atomic E-state index is 9.95. The van der Waals surface area contributed by atoms with Crippen LogP contribution in [0.5, 0.6) is 0 Å². The van der Waals surface area contributed by atoms with E-state index in [0.717, 1.165) is 0 Å². The van der Waals surface area contributed by atoms with Crippen LogP contribution in [0.15, 0.2) is 41.2 Å². The number of benzene rings is 1. The van der Waals surface area contributed by atoms with Gasteiger partial charge in [0.2, 0.25) is 0 Å². The molecule has 1 N–H and O–H groups in total. The van der Waals surface area contributed by atoms with Crippen molar-refractivity contribution in [3.8, 4) is 0 Å². The minimum absolute atomic E-state index is 0.500. The standard InChI is InChI=1S/C11H8Cl2O2/c12-9-3-8(4-10(13)5-9)11(14)7-1-2-15-6-7/h1-6,11,14H. The summed E-state index contributed by atoms with van der Waals surface area (Å²) >= 11 is 11.7. The number of furan rings is 1. The summed E-state index contributed by atoms with van der Waals surface area (Å²) in [6.45, 7) is 0. The molecule has 1 heterocycles. The first kappa shape index (κ1) is 10.6. The van der Waals surface area contributed by atoms with E-state index in [-0.39, 0.29) is 0 Å². The van der Waals surface area contributed by atoms with E-state index < -0.39 is 6.10 Å². The van der Waals surface area contributed by atoms with Crippen molar-refractivity contribution in [2.24, 2.45) is 0 Å². The monoisotopic (exact) mass is 242 g/mol. The van der Waals surface area contributed by atoms with Gasteiger partial charge in [0, 0.05) is 15.6 Å². The fourth-order valence-corrected chi connectivity index (χ4v) is 1.90. The van der Waals surface area contributed by atoms with Gasteiger partial charge in [-0.2, -0.15) is 0 Å². The molecule has 0 radical (unpaired) electrons. The zero-order valence-corrected chi connectivity index (χ0v) is 9.16. The Hall–Kier alpha value is -0.960. The average Bonchev–Trinajstić information content (AvgIpc) is 2.67. The highest BCUT2D eigenvalue weighted by molar-refractivity contribution is 6.34.